The summed E-state index contributed by atoms with van der Waals surface area (Å²) in [6.45, 7) is 11.0. The third-order valence-corrected chi connectivity index (χ3v) is 3.64. The molecule has 2 N–H and O–H groups in total. The average Bonchev–Trinajstić information content (AvgIpc) is 2.41. The van der Waals surface area contributed by atoms with Crippen molar-refractivity contribution < 1.29 is 14.6 Å². The van der Waals surface area contributed by atoms with Gasteiger partial charge in [0.05, 0.1) is 32.0 Å². The van der Waals surface area contributed by atoms with E-state index in [9.17, 15) is 5.11 Å². The first-order valence-corrected chi connectivity index (χ1v) is 7.80. The average molecular weight is 285 g/mol. The Morgan fingerprint density at radius 3 is 2.70 bits per heavy atom. The van der Waals surface area contributed by atoms with E-state index in [1.54, 1.807) is 0 Å². The second kappa shape index (κ2) is 10.3. The van der Waals surface area contributed by atoms with E-state index in [1.165, 1.54) is 12.8 Å². The van der Waals surface area contributed by atoms with Gasteiger partial charge in [-0.05, 0) is 38.5 Å². The summed E-state index contributed by atoms with van der Waals surface area (Å²) in [6, 6.07) is 0. The summed E-state index contributed by atoms with van der Waals surface area (Å²) in [6.07, 6.45) is 4.68. The Morgan fingerprint density at radius 2 is 2.05 bits per heavy atom. The molecule has 1 fully saturated rings. The van der Waals surface area contributed by atoms with E-state index >= 15 is 0 Å². The van der Waals surface area contributed by atoms with Crippen molar-refractivity contribution in [3.05, 3.63) is 12.2 Å². The lowest BCUT2D eigenvalue weighted by molar-refractivity contribution is -0.0280. The van der Waals surface area contributed by atoms with Gasteiger partial charge in [-0.15, -0.1) is 0 Å². The van der Waals surface area contributed by atoms with Crippen molar-refractivity contribution in [1.29, 1.82) is 0 Å². The summed E-state index contributed by atoms with van der Waals surface area (Å²) in [5, 5.41) is 13.0. The number of ether oxygens (including phenoxy) is 2. The standard InChI is InChI=1S/C16H31NO3/c1-13(2)11-19-9-8-17-10-15(18)12-20-16-6-4-14(3)5-7-16/h14-18H,1,4-12H2,2-3H3. The number of aliphatic hydroxyl groups excluding tert-OH is 1. The van der Waals surface area contributed by atoms with E-state index in [4.69, 9.17) is 9.47 Å². The van der Waals surface area contributed by atoms with Gasteiger partial charge in [-0.2, -0.15) is 0 Å². The fraction of sp³-hybridized carbons (Fsp3) is 0.875. The van der Waals surface area contributed by atoms with Crippen LogP contribution in [0.25, 0.3) is 0 Å². The maximum absolute atomic E-state index is 9.83. The highest BCUT2D eigenvalue weighted by Crippen LogP contribution is 2.25. The quantitative estimate of drug-likeness (QED) is 0.477. The smallest absolute Gasteiger partial charge is 0.0897 e. The maximum atomic E-state index is 9.83. The molecule has 1 aliphatic carbocycles. The summed E-state index contributed by atoms with van der Waals surface area (Å²) in [7, 11) is 0. The van der Waals surface area contributed by atoms with Crippen LogP contribution in [0.1, 0.15) is 39.5 Å². The van der Waals surface area contributed by atoms with Crippen molar-refractivity contribution >= 4 is 0 Å². The number of nitrogens with one attached hydrogen (secondary N) is 1. The predicted molar refractivity (Wildman–Crippen MR) is 81.9 cm³/mol. The van der Waals surface area contributed by atoms with Gasteiger partial charge in [-0.25, -0.2) is 0 Å². The number of rotatable bonds is 10. The van der Waals surface area contributed by atoms with Crippen molar-refractivity contribution in [1.82, 2.24) is 5.32 Å². The molecule has 0 aromatic rings. The van der Waals surface area contributed by atoms with Crippen molar-refractivity contribution in [2.24, 2.45) is 5.92 Å². The lowest BCUT2D eigenvalue weighted by atomic mass is 9.89. The minimum absolute atomic E-state index is 0.347. The van der Waals surface area contributed by atoms with Gasteiger partial charge in [-0.1, -0.05) is 19.1 Å². The molecule has 118 valence electrons. The van der Waals surface area contributed by atoms with Crippen LogP contribution in [0, 0.1) is 5.92 Å². The summed E-state index contributed by atoms with van der Waals surface area (Å²) >= 11 is 0. The summed E-state index contributed by atoms with van der Waals surface area (Å²) in [4.78, 5) is 0. The second-order valence-electron chi connectivity index (χ2n) is 6.08. The van der Waals surface area contributed by atoms with Crippen LogP contribution in [0.2, 0.25) is 0 Å². The van der Waals surface area contributed by atoms with E-state index < -0.39 is 6.10 Å². The van der Waals surface area contributed by atoms with Gasteiger partial charge in [0.1, 0.15) is 0 Å². The van der Waals surface area contributed by atoms with Gasteiger partial charge in [0, 0.05) is 13.1 Å². The second-order valence-corrected chi connectivity index (χ2v) is 6.08. The molecule has 0 saturated heterocycles. The zero-order chi connectivity index (χ0) is 14.8. The fourth-order valence-electron chi connectivity index (χ4n) is 2.36. The van der Waals surface area contributed by atoms with E-state index in [0.29, 0.717) is 32.5 Å². The van der Waals surface area contributed by atoms with Crippen LogP contribution >= 0.6 is 0 Å². The van der Waals surface area contributed by atoms with Gasteiger partial charge in [-0.3, -0.25) is 0 Å². The van der Waals surface area contributed by atoms with Crippen LogP contribution in [0.4, 0.5) is 0 Å². The van der Waals surface area contributed by atoms with Crippen LogP contribution in [0.3, 0.4) is 0 Å². The first kappa shape index (κ1) is 17.6. The molecule has 20 heavy (non-hydrogen) atoms. The third kappa shape index (κ3) is 8.69. The van der Waals surface area contributed by atoms with Gasteiger partial charge in [0.25, 0.3) is 0 Å². The Kier molecular flexibility index (Phi) is 9.10. The van der Waals surface area contributed by atoms with Crippen LogP contribution < -0.4 is 5.32 Å². The Morgan fingerprint density at radius 1 is 1.35 bits per heavy atom. The highest BCUT2D eigenvalue weighted by molar-refractivity contribution is 4.87. The molecule has 1 saturated carbocycles. The zero-order valence-corrected chi connectivity index (χ0v) is 13.1. The van der Waals surface area contributed by atoms with Gasteiger partial charge in [0.15, 0.2) is 0 Å². The first-order valence-electron chi connectivity index (χ1n) is 7.80. The molecule has 0 aromatic heterocycles. The van der Waals surface area contributed by atoms with Crippen LogP contribution in [-0.2, 0) is 9.47 Å². The molecule has 0 spiro atoms. The highest BCUT2D eigenvalue weighted by atomic mass is 16.5. The number of hydrogen-bond donors (Lipinski definition) is 2. The summed E-state index contributed by atoms with van der Waals surface area (Å²) in [5.41, 5.74) is 1.03. The van der Waals surface area contributed by atoms with E-state index in [-0.39, 0.29) is 0 Å². The predicted octanol–water partition coefficient (Wildman–Crippen LogP) is 2.12. The topological polar surface area (TPSA) is 50.7 Å². The fourth-order valence-corrected chi connectivity index (χ4v) is 2.36. The lowest BCUT2D eigenvalue weighted by Gasteiger charge is -2.27. The molecule has 0 heterocycles. The van der Waals surface area contributed by atoms with Crippen LogP contribution in [-0.4, -0.2) is 50.2 Å². The van der Waals surface area contributed by atoms with Crippen molar-refractivity contribution in [3.63, 3.8) is 0 Å². The highest BCUT2D eigenvalue weighted by Gasteiger charge is 2.19. The Labute approximate surface area is 123 Å². The summed E-state index contributed by atoms with van der Waals surface area (Å²) < 4.78 is 11.1. The van der Waals surface area contributed by atoms with E-state index in [0.717, 1.165) is 30.9 Å². The monoisotopic (exact) mass is 285 g/mol. The zero-order valence-electron chi connectivity index (χ0n) is 13.1. The van der Waals surface area contributed by atoms with Crippen molar-refractivity contribution in [2.75, 3.05) is 32.9 Å². The molecule has 1 aliphatic rings. The molecule has 1 unspecified atom stereocenters. The molecule has 4 nitrogen and oxygen atoms in total. The molecule has 1 atom stereocenters. The largest absolute Gasteiger partial charge is 0.389 e. The number of hydrogen-bond acceptors (Lipinski definition) is 4. The molecule has 0 aliphatic heterocycles. The molecule has 0 bridgehead atoms. The maximum Gasteiger partial charge on any atom is 0.0897 e. The molecule has 0 amide bonds. The Bertz CT molecular complexity index is 262. The van der Waals surface area contributed by atoms with Crippen LogP contribution in [0.15, 0.2) is 12.2 Å². The van der Waals surface area contributed by atoms with Crippen molar-refractivity contribution in [2.45, 2.75) is 51.7 Å². The molecule has 1 rings (SSSR count). The summed E-state index contributed by atoms with van der Waals surface area (Å²) in [5.74, 6) is 0.834. The minimum Gasteiger partial charge on any atom is -0.389 e. The SMILES string of the molecule is C=C(C)COCCNCC(O)COC1CCC(C)CC1. The Balaban J connectivity index is 1.92. The van der Waals surface area contributed by atoms with E-state index in [1.807, 2.05) is 6.92 Å². The number of aliphatic hydroxyl groups is 1. The normalized spacial score (nSPS) is 24.6. The third-order valence-electron chi connectivity index (χ3n) is 3.64. The minimum atomic E-state index is -0.435. The molecule has 4 heteroatoms. The Hall–Kier alpha value is -0.420. The van der Waals surface area contributed by atoms with E-state index in [2.05, 4.69) is 18.8 Å². The van der Waals surface area contributed by atoms with Gasteiger partial charge >= 0.3 is 0 Å². The first-order chi connectivity index (χ1) is 9.58. The molecule has 0 aromatic carbocycles. The molecular weight excluding hydrogens is 254 g/mol. The molecule has 0 radical (unpaired) electrons. The van der Waals surface area contributed by atoms with Gasteiger partial charge < -0.3 is 19.9 Å². The lowest BCUT2D eigenvalue weighted by Crippen LogP contribution is -2.34. The van der Waals surface area contributed by atoms with Gasteiger partial charge in [0.2, 0.25) is 0 Å². The molecular formula is C16H31NO3. The van der Waals surface area contributed by atoms with Crippen molar-refractivity contribution in [3.8, 4) is 0 Å². The van der Waals surface area contributed by atoms with Crippen LogP contribution in [0.5, 0.6) is 0 Å².